The van der Waals surface area contributed by atoms with Crippen LogP contribution in [0.3, 0.4) is 0 Å². The molecule has 3 nitrogen and oxygen atoms in total. The lowest BCUT2D eigenvalue weighted by Gasteiger charge is -2.13. The molecule has 2 aromatic carbocycles. The average Bonchev–Trinajstić information content (AvgIpc) is 2.85. The van der Waals surface area contributed by atoms with E-state index in [2.05, 4.69) is 15.9 Å². The zero-order valence-corrected chi connectivity index (χ0v) is 16.0. The standard InChI is InChI=1S/C20H16BrNO2S/c1-14(11-15-7-3-2-4-8-15)12-18-19(23)22(20(24)25-18)13-16-9-5-6-10-17(16)21/h2-12H,13H2,1H3/b14-11+,18-12+. The first kappa shape index (κ1) is 17.7. The van der Waals surface area contributed by atoms with Gasteiger partial charge in [-0.25, -0.2) is 0 Å². The molecule has 0 N–H and O–H groups in total. The molecule has 1 fully saturated rings. The number of hydrogen-bond donors (Lipinski definition) is 0. The van der Waals surface area contributed by atoms with Crippen molar-refractivity contribution >= 4 is 44.9 Å². The third-order valence-electron chi connectivity index (χ3n) is 3.71. The molecule has 0 aliphatic carbocycles. The first-order valence-corrected chi connectivity index (χ1v) is 9.37. The first-order valence-electron chi connectivity index (χ1n) is 7.77. The van der Waals surface area contributed by atoms with E-state index < -0.39 is 0 Å². The van der Waals surface area contributed by atoms with Gasteiger partial charge in [0.1, 0.15) is 0 Å². The third-order valence-corrected chi connectivity index (χ3v) is 5.39. The smallest absolute Gasteiger partial charge is 0.268 e. The lowest BCUT2D eigenvalue weighted by Crippen LogP contribution is -2.27. The van der Waals surface area contributed by atoms with Crippen molar-refractivity contribution in [3.8, 4) is 0 Å². The lowest BCUT2D eigenvalue weighted by molar-refractivity contribution is -0.123. The summed E-state index contributed by atoms with van der Waals surface area (Å²) >= 11 is 4.44. The molecule has 1 aliphatic rings. The highest BCUT2D eigenvalue weighted by molar-refractivity contribution is 9.10. The first-order chi connectivity index (χ1) is 12.0. The molecule has 126 valence electrons. The maximum Gasteiger partial charge on any atom is 0.293 e. The summed E-state index contributed by atoms with van der Waals surface area (Å²) in [6, 6.07) is 17.5. The summed E-state index contributed by atoms with van der Waals surface area (Å²) in [4.78, 5) is 26.6. The number of thioether (sulfide) groups is 1. The van der Waals surface area contributed by atoms with Crippen LogP contribution in [-0.4, -0.2) is 16.0 Å². The van der Waals surface area contributed by atoms with Gasteiger partial charge in [-0.1, -0.05) is 70.5 Å². The Kier molecular flexibility index (Phi) is 5.56. The fourth-order valence-electron chi connectivity index (χ4n) is 2.49. The van der Waals surface area contributed by atoms with Crippen molar-refractivity contribution in [2.24, 2.45) is 0 Å². The van der Waals surface area contributed by atoms with Gasteiger partial charge in [0.05, 0.1) is 11.4 Å². The second-order valence-electron chi connectivity index (χ2n) is 5.66. The molecule has 1 saturated heterocycles. The number of nitrogens with zero attached hydrogens (tertiary/aromatic N) is 1. The largest absolute Gasteiger partial charge is 0.293 e. The molecular weight excluding hydrogens is 398 g/mol. The monoisotopic (exact) mass is 413 g/mol. The van der Waals surface area contributed by atoms with Crippen molar-refractivity contribution < 1.29 is 9.59 Å². The van der Waals surface area contributed by atoms with Crippen molar-refractivity contribution in [3.05, 3.63) is 86.8 Å². The molecule has 25 heavy (non-hydrogen) atoms. The SMILES string of the molecule is CC(=C\c1ccccc1)/C=C1/SC(=O)N(Cc2ccccc2Br)C1=O. The van der Waals surface area contributed by atoms with Crippen LogP contribution in [0.5, 0.6) is 0 Å². The van der Waals surface area contributed by atoms with Crippen molar-refractivity contribution in [2.75, 3.05) is 0 Å². The summed E-state index contributed by atoms with van der Waals surface area (Å²) in [6.07, 6.45) is 3.76. The van der Waals surface area contributed by atoms with Gasteiger partial charge in [-0.15, -0.1) is 0 Å². The van der Waals surface area contributed by atoms with Crippen LogP contribution in [0.25, 0.3) is 6.08 Å². The van der Waals surface area contributed by atoms with E-state index in [1.165, 1.54) is 4.90 Å². The molecule has 1 heterocycles. The van der Waals surface area contributed by atoms with Gasteiger partial charge in [0.15, 0.2) is 0 Å². The predicted molar refractivity (Wildman–Crippen MR) is 106 cm³/mol. The van der Waals surface area contributed by atoms with Gasteiger partial charge in [-0.05, 0) is 47.5 Å². The minimum atomic E-state index is -0.244. The summed E-state index contributed by atoms with van der Waals surface area (Å²) in [5, 5.41) is -0.237. The van der Waals surface area contributed by atoms with E-state index in [1.807, 2.05) is 67.6 Å². The number of benzene rings is 2. The van der Waals surface area contributed by atoms with E-state index in [9.17, 15) is 9.59 Å². The Hall–Kier alpha value is -2.11. The summed E-state index contributed by atoms with van der Waals surface area (Å²) in [5.41, 5.74) is 2.89. The number of imide groups is 1. The van der Waals surface area contributed by atoms with Crippen molar-refractivity contribution in [1.29, 1.82) is 0 Å². The molecule has 0 unspecified atom stereocenters. The predicted octanol–water partition coefficient (Wildman–Crippen LogP) is 5.63. The van der Waals surface area contributed by atoms with Gasteiger partial charge in [-0.2, -0.15) is 0 Å². The number of hydrogen-bond acceptors (Lipinski definition) is 3. The molecule has 1 aliphatic heterocycles. The highest BCUT2D eigenvalue weighted by Crippen LogP contribution is 2.33. The summed E-state index contributed by atoms with van der Waals surface area (Å²) in [5.74, 6) is -0.244. The Morgan fingerprint density at radius 2 is 1.76 bits per heavy atom. The van der Waals surface area contributed by atoms with Gasteiger partial charge in [0.2, 0.25) is 0 Å². The highest BCUT2D eigenvalue weighted by atomic mass is 79.9. The fourth-order valence-corrected chi connectivity index (χ4v) is 3.79. The van der Waals surface area contributed by atoms with E-state index in [0.29, 0.717) is 4.91 Å². The minimum Gasteiger partial charge on any atom is -0.268 e. The van der Waals surface area contributed by atoms with Gasteiger partial charge < -0.3 is 0 Å². The van der Waals surface area contributed by atoms with Crippen LogP contribution >= 0.6 is 27.7 Å². The van der Waals surface area contributed by atoms with Crippen LogP contribution in [-0.2, 0) is 11.3 Å². The highest BCUT2D eigenvalue weighted by Gasteiger charge is 2.35. The van der Waals surface area contributed by atoms with Crippen molar-refractivity contribution in [1.82, 2.24) is 4.90 Å². The number of allylic oxidation sites excluding steroid dienone is 2. The minimum absolute atomic E-state index is 0.237. The molecule has 2 aromatic rings. The third kappa shape index (κ3) is 4.30. The van der Waals surface area contributed by atoms with Crippen LogP contribution in [0.15, 0.2) is 75.6 Å². The topological polar surface area (TPSA) is 37.4 Å². The van der Waals surface area contributed by atoms with Gasteiger partial charge in [0.25, 0.3) is 11.1 Å². The number of carbonyl (C=O) groups is 2. The van der Waals surface area contributed by atoms with E-state index >= 15 is 0 Å². The maximum absolute atomic E-state index is 12.6. The van der Waals surface area contributed by atoms with E-state index in [1.54, 1.807) is 6.08 Å². The molecule has 0 bridgehead atoms. The summed E-state index contributed by atoms with van der Waals surface area (Å²) in [7, 11) is 0. The van der Waals surface area contributed by atoms with E-state index in [-0.39, 0.29) is 17.7 Å². The van der Waals surface area contributed by atoms with Gasteiger partial charge in [-0.3, -0.25) is 14.5 Å². The molecule has 3 rings (SSSR count). The molecule has 5 heteroatoms. The Morgan fingerprint density at radius 3 is 2.48 bits per heavy atom. The number of carbonyl (C=O) groups excluding carboxylic acids is 2. The van der Waals surface area contributed by atoms with Crippen LogP contribution in [0.1, 0.15) is 18.1 Å². The molecule has 0 spiro atoms. The molecule has 0 aromatic heterocycles. The molecular formula is C20H16BrNO2S. The Balaban J connectivity index is 1.79. The molecule has 0 saturated carbocycles. The Bertz CT molecular complexity index is 874. The fraction of sp³-hybridized carbons (Fsp3) is 0.100. The zero-order valence-electron chi connectivity index (χ0n) is 13.6. The molecule has 2 amide bonds. The molecule has 0 radical (unpaired) electrons. The lowest BCUT2D eigenvalue weighted by atomic mass is 10.1. The van der Waals surface area contributed by atoms with Gasteiger partial charge in [0, 0.05) is 4.47 Å². The number of rotatable bonds is 4. The summed E-state index contributed by atoms with van der Waals surface area (Å²) < 4.78 is 0.887. The quantitative estimate of drug-likeness (QED) is 0.609. The Morgan fingerprint density at radius 1 is 1.08 bits per heavy atom. The molecule has 0 atom stereocenters. The van der Waals surface area contributed by atoms with Gasteiger partial charge >= 0.3 is 0 Å². The van der Waals surface area contributed by atoms with Crippen LogP contribution < -0.4 is 0 Å². The normalized spacial score (nSPS) is 16.8. The average molecular weight is 414 g/mol. The second-order valence-corrected chi connectivity index (χ2v) is 7.51. The van der Waals surface area contributed by atoms with Crippen molar-refractivity contribution in [2.45, 2.75) is 13.5 Å². The summed E-state index contributed by atoms with van der Waals surface area (Å²) in [6.45, 7) is 2.19. The number of halogens is 1. The Labute approximate surface area is 159 Å². The van der Waals surface area contributed by atoms with Crippen LogP contribution in [0, 0.1) is 0 Å². The van der Waals surface area contributed by atoms with E-state index in [0.717, 1.165) is 32.9 Å². The number of amides is 2. The van der Waals surface area contributed by atoms with E-state index in [4.69, 9.17) is 0 Å². The zero-order chi connectivity index (χ0) is 17.8. The van der Waals surface area contributed by atoms with Crippen molar-refractivity contribution in [3.63, 3.8) is 0 Å². The second kappa shape index (κ2) is 7.85. The maximum atomic E-state index is 12.6. The van der Waals surface area contributed by atoms with Crippen LogP contribution in [0.2, 0.25) is 0 Å². The van der Waals surface area contributed by atoms with Crippen LogP contribution in [0.4, 0.5) is 4.79 Å².